The van der Waals surface area contributed by atoms with Gasteiger partial charge in [-0.1, -0.05) is 31.9 Å². The van der Waals surface area contributed by atoms with E-state index in [1.54, 1.807) is 24.3 Å². The van der Waals surface area contributed by atoms with Crippen LogP contribution in [0.1, 0.15) is 37.8 Å². The quantitative estimate of drug-likeness (QED) is 0.707. The van der Waals surface area contributed by atoms with Gasteiger partial charge in [0.15, 0.2) is 0 Å². The van der Waals surface area contributed by atoms with Gasteiger partial charge in [-0.05, 0) is 37.7 Å². The van der Waals surface area contributed by atoms with Gasteiger partial charge < -0.3 is 10.5 Å². The fourth-order valence-electron chi connectivity index (χ4n) is 2.21. The highest BCUT2D eigenvalue weighted by atomic mass is 19.3. The largest absolute Gasteiger partial charge is 0.435 e. The minimum atomic E-state index is -2.79. The first kappa shape index (κ1) is 16.9. The minimum Gasteiger partial charge on any atom is -0.435 e. The van der Waals surface area contributed by atoms with Gasteiger partial charge in [0.25, 0.3) is 0 Å². The number of ether oxygens (including phenoxy) is 1. The Morgan fingerprint density at radius 1 is 1.20 bits per heavy atom. The number of rotatable bonds is 9. The standard InChI is InChI=1S/C15H24F2N2O/c1-3-4-5-10-19(2)14(11-18)12-6-8-13(9-7-12)20-15(16)17/h6-9,14-15H,3-5,10-11,18H2,1-2H3. The average molecular weight is 286 g/mol. The van der Waals surface area contributed by atoms with E-state index in [9.17, 15) is 8.78 Å². The van der Waals surface area contributed by atoms with Gasteiger partial charge in [-0.2, -0.15) is 8.78 Å². The predicted molar refractivity (Wildman–Crippen MR) is 77.0 cm³/mol. The average Bonchev–Trinajstić information content (AvgIpc) is 2.41. The van der Waals surface area contributed by atoms with Crippen LogP contribution in [0.5, 0.6) is 5.75 Å². The molecule has 1 rings (SSSR count). The summed E-state index contributed by atoms with van der Waals surface area (Å²) in [5, 5.41) is 0. The Bertz CT molecular complexity index is 371. The second kappa shape index (κ2) is 8.87. The number of halogens is 2. The lowest BCUT2D eigenvalue weighted by Crippen LogP contribution is -2.31. The Hall–Kier alpha value is -1.20. The molecular weight excluding hydrogens is 262 g/mol. The third-order valence-corrected chi connectivity index (χ3v) is 3.36. The van der Waals surface area contributed by atoms with E-state index >= 15 is 0 Å². The molecule has 0 aliphatic rings. The van der Waals surface area contributed by atoms with Crippen molar-refractivity contribution in [3.63, 3.8) is 0 Å². The van der Waals surface area contributed by atoms with Gasteiger partial charge in [-0.15, -0.1) is 0 Å². The van der Waals surface area contributed by atoms with Gasteiger partial charge in [0, 0.05) is 12.6 Å². The molecule has 3 nitrogen and oxygen atoms in total. The van der Waals surface area contributed by atoms with E-state index < -0.39 is 6.61 Å². The molecule has 1 unspecified atom stereocenters. The van der Waals surface area contributed by atoms with Crippen molar-refractivity contribution in [1.82, 2.24) is 4.90 Å². The maximum absolute atomic E-state index is 12.1. The molecule has 0 fully saturated rings. The summed E-state index contributed by atoms with van der Waals surface area (Å²) in [6, 6.07) is 6.82. The van der Waals surface area contributed by atoms with Crippen LogP contribution in [-0.2, 0) is 0 Å². The Kier molecular flexibility index (Phi) is 7.47. The molecule has 0 radical (unpaired) electrons. The fourth-order valence-corrected chi connectivity index (χ4v) is 2.21. The van der Waals surface area contributed by atoms with Gasteiger partial charge in [0.1, 0.15) is 5.75 Å². The molecule has 0 amide bonds. The maximum Gasteiger partial charge on any atom is 0.387 e. The van der Waals surface area contributed by atoms with E-state index in [4.69, 9.17) is 5.73 Å². The molecule has 0 saturated heterocycles. The van der Waals surface area contributed by atoms with E-state index in [1.165, 1.54) is 12.8 Å². The molecule has 1 atom stereocenters. The fraction of sp³-hybridized carbons (Fsp3) is 0.600. The van der Waals surface area contributed by atoms with Crippen molar-refractivity contribution < 1.29 is 13.5 Å². The molecule has 0 bridgehead atoms. The first-order valence-corrected chi connectivity index (χ1v) is 7.03. The molecule has 20 heavy (non-hydrogen) atoms. The van der Waals surface area contributed by atoms with Crippen LogP contribution in [0.25, 0.3) is 0 Å². The van der Waals surface area contributed by atoms with Crippen LogP contribution in [0, 0.1) is 0 Å². The van der Waals surface area contributed by atoms with E-state index in [1.807, 2.05) is 7.05 Å². The highest BCUT2D eigenvalue weighted by Gasteiger charge is 2.15. The second-order valence-corrected chi connectivity index (χ2v) is 4.89. The lowest BCUT2D eigenvalue weighted by Gasteiger charge is -2.27. The first-order valence-electron chi connectivity index (χ1n) is 7.03. The molecule has 2 N–H and O–H groups in total. The smallest absolute Gasteiger partial charge is 0.387 e. The number of benzene rings is 1. The Morgan fingerprint density at radius 3 is 2.35 bits per heavy atom. The molecule has 1 aromatic carbocycles. The van der Waals surface area contributed by atoms with Crippen molar-refractivity contribution in [2.24, 2.45) is 5.73 Å². The monoisotopic (exact) mass is 286 g/mol. The van der Waals surface area contributed by atoms with Gasteiger partial charge in [0.2, 0.25) is 0 Å². The lowest BCUT2D eigenvalue weighted by atomic mass is 10.1. The van der Waals surface area contributed by atoms with Crippen LogP contribution in [0.4, 0.5) is 8.78 Å². The van der Waals surface area contributed by atoms with Crippen LogP contribution < -0.4 is 10.5 Å². The summed E-state index contributed by atoms with van der Waals surface area (Å²) in [7, 11) is 2.04. The van der Waals surface area contributed by atoms with Crippen molar-refractivity contribution in [2.45, 2.75) is 38.8 Å². The topological polar surface area (TPSA) is 38.5 Å². The normalized spacial score (nSPS) is 12.9. The van der Waals surface area contributed by atoms with Crippen molar-refractivity contribution in [1.29, 1.82) is 0 Å². The molecule has 0 aliphatic heterocycles. The lowest BCUT2D eigenvalue weighted by molar-refractivity contribution is -0.0498. The zero-order valence-corrected chi connectivity index (χ0v) is 12.2. The first-order chi connectivity index (χ1) is 9.58. The van der Waals surface area contributed by atoms with Gasteiger partial charge in [0.05, 0.1) is 0 Å². The van der Waals surface area contributed by atoms with Crippen LogP contribution in [0.2, 0.25) is 0 Å². The zero-order chi connectivity index (χ0) is 15.0. The van der Waals surface area contributed by atoms with Crippen molar-refractivity contribution in [2.75, 3.05) is 20.1 Å². The van der Waals surface area contributed by atoms with Gasteiger partial charge in [-0.25, -0.2) is 0 Å². The summed E-state index contributed by atoms with van der Waals surface area (Å²) in [6.07, 6.45) is 3.51. The maximum atomic E-state index is 12.1. The highest BCUT2D eigenvalue weighted by Crippen LogP contribution is 2.22. The van der Waals surface area contributed by atoms with E-state index in [0.29, 0.717) is 6.54 Å². The van der Waals surface area contributed by atoms with Crippen molar-refractivity contribution in [3.8, 4) is 5.75 Å². The Balaban J connectivity index is 2.64. The molecule has 5 heteroatoms. The molecule has 114 valence electrons. The summed E-state index contributed by atoms with van der Waals surface area (Å²) in [5.41, 5.74) is 6.86. The third-order valence-electron chi connectivity index (χ3n) is 3.36. The van der Waals surface area contributed by atoms with Crippen molar-refractivity contribution >= 4 is 0 Å². The van der Waals surface area contributed by atoms with Gasteiger partial charge in [-0.3, -0.25) is 4.90 Å². The third kappa shape index (κ3) is 5.43. The number of likely N-dealkylation sites (N-methyl/N-ethyl adjacent to an activating group) is 1. The molecule has 1 aromatic rings. The number of hydrogen-bond donors (Lipinski definition) is 1. The molecule has 0 saturated carbocycles. The number of unbranched alkanes of at least 4 members (excludes halogenated alkanes) is 2. The van der Waals surface area contributed by atoms with Crippen LogP contribution in [-0.4, -0.2) is 31.6 Å². The number of nitrogens with zero attached hydrogens (tertiary/aromatic N) is 1. The summed E-state index contributed by atoms with van der Waals surface area (Å²) in [5.74, 6) is 0.174. The van der Waals surface area contributed by atoms with Gasteiger partial charge >= 0.3 is 6.61 Å². The predicted octanol–water partition coefficient (Wildman–Crippen LogP) is 3.41. The SMILES string of the molecule is CCCCCN(C)C(CN)c1ccc(OC(F)F)cc1. The molecular formula is C15H24F2N2O. The minimum absolute atomic E-state index is 0.104. The Morgan fingerprint density at radius 2 is 1.85 bits per heavy atom. The summed E-state index contributed by atoms with van der Waals surface area (Å²) < 4.78 is 28.5. The summed E-state index contributed by atoms with van der Waals surface area (Å²) in [4.78, 5) is 2.21. The highest BCUT2D eigenvalue weighted by molar-refractivity contribution is 5.29. The van der Waals surface area contributed by atoms with E-state index in [0.717, 1.165) is 18.5 Å². The van der Waals surface area contributed by atoms with Crippen molar-refractivity contribution in [3.05, 3.63) is 29.8 Å². The summed E-state index contributed by atoms with van der Waals surface area (Å²) >= 11 is 0. The zero-order valence-electron chi connectivity index (χ0n) is 12.2. The Labute approximate surface area is 119 Å². The summed E-state index contributed by atoms with van der Waals surface area (Å²) in [6.45, 7) is 0.855. The number of hydrogen-bond acceptors (Lipinski definition) is 3. The molecule has 0 heterocycles. The van der Waals surface area contributed by atoms with E-state index in [2.05, 4.69) is 16.6 Å². The van der Waals surface area contributed by atoms with Crippen LogP contribution in [0.15, 0.2) is 24.3 Å². The van der Waals surface area contributed by atoms with E-state index in [-0.39, 0.29) is 11.8 Å². The number of nitrogens with two attached hydrogens (primary N) is 1. The van der Waals surface area contributed by atoms with Crippen LogP contribution >= 0.6 is 0 Å². The number of alkyl halides is 2. The second-order valence-electron chi connectivity index (χ2n) is 4.89. The molecule has 0 aromatic heterocycles. The van der Waals surface area contributed by atoms with Crippen LogP contribution in [0.3, 0.4) is 0 Å². The molecule has 0 aliphatic carbocycles. The molecule has 0 spiro atoms.